The summed E-state index contributed by atoms with van der Waals surface area (Å²) in [7, 11) is 0. The molecule has 1 aliphatic heterocycles. The molecule has 0 saturated carbocycles. The molecule has 0 aliphatic carbocycles. The Labute approximate surface area is 131 Å². The number of aryl methyl sites for hydroxylation is 2. The summed E-state index contributed by atoms with van der Waals surface area (Å²) in [6.45, 7) is 5.15. The zero-order valence-corrected chi connectivity index (χ0v) is 13.3. The third-order valence-corrected chi connectivity index (χ3v) is 3.99. The van der Waals surface area contributed by atoms with Gasteiger partial charge in [0.25, 0.3) is 0 Å². The van der Waals surface area contributed by atoms with Gasteiger partial charge in [0.2, 0.25) is 11.8 Å². The molecule has 1 aromatic rings. The lowest BCUT2D eigenvalue weighted by Gasteiger charge is -2.20. The summed E-state index contributed by atoms with van der Waals surface area (Å²) in [4.78, 5) is 25.1. The van der Waals surface area contributed by atoms with Gasteiger partial charge in [0.05, 0.1) is 12.5 Å². The maximum Gasteiger partial charge on any atom is 0.224 e. The second-order valence-corrected chi connectivity index (χ2v) is 6.01. The monoisotopic (exact) mass is 304 g/mol. The Morgan fingerprint density at radius 2 is 2.18 bits per heavy atom. The number of hydrogen-bond acceptors (Lipinski definition) is 3. The average molecular weight is 304 g/mol. The Hall–Kier alpha value is -1.88. The molecule has 0 aromatic heterocycles. The Balaban J connectivity index is 1.77. The molecule has 0 radical (unpaired) electrons. The Morgan fingerprint density at radius 1 is 1.41 bits per heavy atom. The van der Waals surface area contributed by atoms with E-state index in [9.17, 15) is 14.7 Å². The predicted molar refractivity (Wildman–Crippen MR) is 84.5 cm³/mol. The molecule has 1 aliphatic rings. The summed E-state index contributed by atoms with van der Waals surface area (Å²) in [6.07, 6.45) is 1.00. The SMILES string of the molecule is Cc1ccc(C)c(CC(=O)NC[C@H](O)CN2CCCC2=O)c1. The van der Waals surface area contributed by atoms with Crippen molar-refractivity contribution in [2.75, 3.05) is 19.6 Å². The number of rotatable bonds is 6. The zero-order chi connectivity index (χ0) is 16.1. The molecule has 1 atom stereocenters. The number of nitrogens with one attached hydrogen (secondary N) is 1. The highest BCUT2D eigenvalue weighted by atomic mass is 16.3. The lowest BCUT2D eigenvalue weighted by atomic mass is 10.0. The van der Waals surface area contributed by atoms with Crippen molar-refractivity contribution in [1.82, 2.24) is 10.2 Å². The molecule has 2 amide bonds. The van der Waals surface area contributed by atoms with E-state index in [0.29, 0.717) is 25.9 Å². The summed E-state index contributed by atoms with van der Waals surface area (Å²) in [6, 6.07) is 6.04. The Morgan fingerprint density at radius 3 is 2.86 bits per heavy atom. The molecule has 22 heavy (non-hydrogen) atoms. The summed E-state index contributed by atoms with van der Waals surface area (Å²) < 4.78 is 0. The molecule has 120 valence electrons. The van der Waals surface area contributed by atoms with Crippen LogP contribution >= 0.6 is 0 Å². The molecule has 1 fully saturated rings. The van der Waals surface area contributed by atoms with Crippen molar-refractivity contribution >= 4 is 11.8 Å². The van der Waals surface area contributed by atoms with E-state index >= 15 is 0 Å². The van der Waals surface area contributed by atoms with E-state index in [4.69, 9.17) is 0 Å². The quantitative estimate of drug-likeness (QED) is 0.822. The van der Waals surface area contributed by atoms with Gasteiger partial charge in [-0.3, -0.25) is 9.59 Å². The van der Waals surface area contributed by atoms with Crippen LogP contribution in [0.2, 0.25) is 0 Å². The van der Waals surface area contributed by atoms with Crippen LogP contribution in [-0.4, -0.2) is 47.6 Å². The van der Waals surface area contributed by atoms with Crippen LogP contribution < -0.4 is 5.32 Å². The molecular weight excluding hydrogens is 280 g/mol. The smallest absolute Gasteiger partial charge is 0.224 e. The van der Waals surface area contributed by atoms with Crippen molar-refractivity contribution in [2.45, 2.75) is 39.2 Å². The summed E-state index contributed by atoms with van der Waals surface area (Å²) in [5.41, 5.74) is 3.21. The molecule has 5 nitrogen and oxygen atoms in total. The molecule has 0 bridgehead atoms. The van der Waals surface area contributed by atoms with Crippen LogP contribution in [0.3, 0.4) is 0 Å². The molecule has 0 spiro atoms. The molecular formula is C17H24N2O3. The fourth-order valence-electron chi connectivity index (χ4n) is 2.67. The minimum atomic E-state index is -0.718. The second kappa shape index (κ2) is 7.40. The van der Waals surface area contributed by atoms with Crippen molar-refractivity contribution in [2.24, 2.45) is 0 Å². The molecule has 0 unspecified atom stereocenters. The number of hydrogen-bond donors (Lipinski definition) is 2. The van der Waals surface area contributed by atoms with Crippen LogP contribution in [0.1, 0.15) is 29.5 Å². The van der Waals surface area contributed by atoms with Crippen molar-refractivity contribution in [3.05, 3.63) is 34.9 Å². The molecule has 1 aromatic carbocycles. The number of nitrogens with zero attached hydrogens (tertiary/aromatic N) is 1. The highest BCUT2D eigenvalue weighted by Crippen LogP contribution is 2.12. The highest BCUT2D eigenvalue weighted by Gasteiger charge is 2.22. The van der Waals surface area contributed by atoms with Crippen molar-refractivity contribution in [1.29, 1.82) is 0 Å². The minimum Gasteiger partial charge on any atom is -0.389 e. The number of benzene rings is 1. The van der Waals surface area contributed by atoms with E-state index < -0.39 is 6.10 Å². The first-order valence-corrected chi connectivity index (χ1v) is 7.74. The lowest BCUT2D eigenvalue weighted by molar-refractivity contribution is -0.128. The van der Waals surface area contributed by atoms with Gasteiger partial charge in [0.15, 0.2) is 0 Å². The van der Waals surface area contributed by atoms with Crippen molar-refractivity contribution < 1.29 is 14.7 Å². The second-order valence-electron chi connectivity index (χ2n) is 6.01. The van der Waals surface area contributed by atoms with Crippen LogP contribution in [0.25, 0.3) is 0 Å². The number of aliphatic hydroxyl groups excluding tert-OH is 1. The van der Waals surface area contributed by atoms with Gasteiger partial charge in [-0.15, -0.1) is 0 Å². The number of carbonyl (C=O) groups excluding carboxylic acids is 2. The largest absolute Gasteiger partial charge is 0.389 e. The van der Waals surface area contributed by atoms with Crippen LogP contribution in [0.4, 0.5) is 0 Å². The molecule has 1 heterocycles. The first-order valence-electron chi connectivity index (χ1n) is 7.74. The predicted octanol–water partition coefficient (Wildman–Crippen LogP) is 0.945. The van der Waals surface area contributed by atoms with Crippen LogP contribution in [0.15, 0.2) is 18.2 Å². The van der Waals surface area contributed by atoms with E-state index in [1.165, 1.54) is 0 Å². The molecule has 2 N–H and O–H groups in total. The van der Waals surface area contributed by atoms with Crippen LogP contribution in [-0.2, 0) is 16.0 Å². The topological polar surface area (TPSA) is 69.6 Å². The van der Waals surface area contributed by atoms with E-state index in [1.54, 1.807) is 4.90 Å². The third kappa shape index (κ3) is 4.56. The number of aliphatic hydroxyl groups is 1. The minimum absolute atomic E-state index is 0.0840. The van der Waals surface area contributed by atoms with Crippen molar-refractivity contribution in [3.8, 4) is 0 Å². The Kier molecular flexibility index (Phi) is 5.55. The van der Waals surface area contributed by atoms with Crippen LogP contribution in [0.5, 0.6) is 0 Å². The number of β-amino-alcohol motifs (C(OH)–C–C–N with tert-alkyl or cyclic N) is 1. The summed E-state index contributed by atoms with van der Waals surface area (Å²) in [5, 5.41) is 12.7. The fraction of sp³-hybridized carbons (Fsp3) is 0.529. The average Bonchev–Trinajstić information content (AvgIpc) is 2.86. The zero-order valence-electron chi connectivity index (χ0n) is 13.3. The van der Waals surface area contributed by atoms with Crippen LogP contribution in [0, 0.1) is 13.8 Å². The van der Waals surface area contributed by atoms with Crippen molar-refractivity contribution in [3.63, 3.8) is 0 Å². The number of amides is 2. The van der Waals surface area contributed by atoms with Gasteiger partial charge in [-0.05, 0) is 31.4 Å². The lowest BCUT2D eigenvalue weighted by Crippen LogP contribution is -2.41. The summed E-state index contributed by atoms with van der Waals surface area (Å²) in [5.74, 6) is -0.0266. The molecule has 1 saturated heterocycles. The molecule has 2 rings (SSSR count). The van der Waals surface area contributed by atoms with Gasteiger partial charge in [-0.2, -0.15) is 0 Å². The normalized spacial score (nSPS) is 16.0. The van der Waals surface area contributed by atoms with E-state index in [0.717, 1.165) is 23.1 Å². The van der Waals surface area contributed by atoms with Gasteiger partial charge < -0.3 is 15.3 Å². The first kappa shape index (κ1) is 16.5. The van der Waals surface area contributed by atoms with Gasteiger partial charge in [0, 0.05) is 26.1 Å². The third-order valence-electron chi connectivity index (χ3n) is 3.99. The fourth-order valence-corrected chi connectivity index (χ4v) is 2.67. The van der Waals surface area contributed by atoms with E-state index in [-0.39, 0.29) is 18.4 Å². The Bertz CT molecular complexity index is 557. The highest BCUT2D eigenvalue weighted by molar-refractivity contribution is 5.79. The summed E-state index contributed by atoms with van der Waals surface area (Å²) >= 11 is 0. The molecule has 5 heteroatoms. The maximum absolute atomic E-state index is 12.0. The van der Waals surface area contributed by atoms with Gasteiger partial charge in [-0.25, -0.2) is 0 Å². The van der Waals surface area contributed by atoms with Gasteiger partial charge in [-0.1, -0.05) is 23.8 Å². The standard InChI is InChI=1S/C17H24N2O3/c1-12-5-6-13(2)14(8-12)9-16(21)18-10-15(20)11-19-7-3-4-17(19)22/h5-6,8,15,20H,3-4,7,9-11H2,1-2H3,(H,18,21)/t15-/m0/s1. The maximum atomic E-state index is 12.0. The van der Waals surface area contributed by atoms with E-state index in [2.05, 4.69) is 5.32 Å². The van der Waals surface area contributed by atoms with E-state index in [1.807, 2.05) is 32.0 Å². The van der Waals surface area contributed by atoms with Gasteiger partial charge >= 0.3 is 0 Å². The number of likely N-dealkylation sites (tertiary alicyclic amines) is 1. The first-order chi connectivity index (χ1) is 10.5. The van der Waals surface area contributed by atoms with Gasteiger partial charge in [0.1, 0.15) is 0 Å². The number of carbonyl (C=O) groups is 2.